The molecule has 7 nitrogen and oxygen atoms in total. The largest absolute Gasteiger partial charge is 0.507 e. The zero-order valence-corrected chi connectivity index (χ0v) is 17.2. The van der Waals surface area contributed by atoms with E-state index in [-0.39, 0.29) is 17.9 Å². The summed E-state index contributed by atoms with van der Waals surface area (Å²) in [5.41, 5.74) is 2.01. The van der Waals surface area contributed by atoms with Crippen molar-refractivity contribution >= 4 is 17.4 Å². The van der Waals surface area contributed by atoms with Gasteiger partial charge in [0.1, 0.15) is 11.6 Å². The van der Waals surface area contributed by atoms with Gasteiger partial charge in [0.05, 0.1) is 22.9 Å². The highest BCUT2D eigenvalue weighted by atomic mass is 19.1. The quantitative estimate of drug-likeness (QED) is 0.473. The molecule has 1 aromatic carbocycles. The number of likely N-dealkylation sites (N-methyl/N-ethyl adjacent to an activating group) is 1. The Labute approximate surface area is 169 Å². The summed E-state index contributed by atoms with van der Waals surface area (Å²) in [6.45, 7) is 4.28. The first kappa shape index (κ1) is 20.7. The number of rotatable bonds is 5. The summed E-state index contributed by atoms with van der Waals surface area (Å²) >= 11 is 0. The number of hydrogen-bond donors (Lipinski definition) is 1. The summed E-state index contributed by atoms with van der Waals surface area (Å²) in [7, 11) is 5.45. The standard InChI is InChI=1S/C21H25FN4O3/c1-12-16(13(2)25(5)23-12)19(27)17-18(14-7-6-8-15(22)11-14)26(10-9-24(3)4)21(29)20(17)28/h6-8,11,18,27H,9-10H2,1-5H3/b19-17+/t18-/m0/s1. The van der Waals surface area contributed by atoms with Gasteiger partial charge < -0.3 is 14.9 Å². The normalized spacial score (nSPS) is 18.9. The van der Waals surface area contributed by atoms with E-state index in [4.69, 9.17) is 0 Å². The van der Waals surface area contributed by atoms with E-state index < -0.39 is 23.5 Å². The average molecular weight is 400 g/mol. The lowest BCUT2D eigenvalue weighted by atomic mass is 9.94. The number of carbonyl (C=O) groups excluding carboxylic acids is 2. The molecule has 1 saturated heterocycles. The van der Waals surface area contributed by atoms with Crippen LogP contribution in [0.1, 0.15) is 28.6 Å². The van der Waals surface area contributed by atoms with Crippen molar-refractivity contribution in [3.8, 4) is 0 Å². The van der Waals surface area contributed by atoms with Crippen molar-refractivity contribution in [1.29, 1.82) is 0 Å². The molecule has 1 fully saturated rings. The lowest BCUT2D eigenvalue weighted by Gasteiger charge is -2.26. The number of carbonyl (C=O) groups is 2. The smallest absolute Gasteiger partial charge is 0.295 e. The third-order valence-corrected chi connectivity index (χ3v) is 5.24. The lowest BCUT2D eigenvalue weighted by Crippen LogP contribution is -2.35. The zero-order valence-electron chi connectivity index (χ0n) is 17.2. The molecule has 0 spiro atoms. The highest BCUT2D eigenvalue weighted by molar-refractivity contribution is 6.46. The number of Topliss-reactive ketones (excluding diaryl/α,β-unsaturated/α-hetero) is 1. The van der Waals surface area contributed by atoms with Gasteiger partial charge in [-0.05, 0) is 45.6 Å². The molecule has 3 rings (SSSR count). The first-order valence-electron chi connectivity index (χ1n) is 9.32. The molecular weight excluding hydrogens is 375 g/mol. The SMILES string of the molecule is Cc1nn(C)c(C)c1/C(O)=C1\C(=O)C(=O)N(CCN(C)C)[C@H]1c1cccc(F)c1. The van der Waals surface area contributed by atoms with Crippen molar-refractivity contribution in [1.82, 2.24) is 19.6 Å². The molecule has 0 unspecified atom stereocenters. The van der Waals surface area contributed by atoms with E-state index in [1.165, 1.54) is 23.1 Å². The Morgan fingerprint density at radius 3 is 2.52 bits per heavy atom. The van der Waals surface area contributed by atoms with Crippen LogP contribution in [0.2, 0.25) is 0 Å². The highest BCUT2D eigenvalue weighted by Crippen LogP contribution is 2.40. The summed E-state index contributed by atoms with van der Waals surface area (Å²) < 4.78 is 15.6. The number of aliphatic hydroxyl groups excluding tert-OH is 1. The molecule has 1 atom stereocenters. The Balaban J connectivity index is 2.22. The van der Waals surface area contributed by atoms with Crippen LogP contribution in [0.4, 0.5) is 4.39 Å². The van der Waals surface area contributed by atoms with E-state index in [0.717, 1.165) is 0 Å². The molecule has 154 valence electrons. The number of aromatic nitrogens is 2. The van der Waals surface area contributed by atoms with Crippen LogP contribution in [0.15, 0.2) is 29.8 Å². The van der Waals surface area contributed by atoms with Crippen LogP contribution in [0.25, 0.3) is 5.76 Å². The maximum absolute atomic E-state index is 14.0. The topological polar surface area (TPSA) is 78.7 Å². The lowest BCUT2D eigenvalue weighted by molar-refractivity contribution is -0.140. The van der Waals surface area contributed by atoms with Crippen molar-refractivity contribution in [2.24, 2.45) is 7.05 Å². The minimum absolute atomic E-state index is 0.0430. The van der Waals surface area contributed by atoms with E-state index >= 15 is 0 Å². The van der Waals surface area contributed by atoms with Crippen molar-refractivity contribution in [2.45, 2.75) is 19.9 Å². The van der Waals surface area contributed by atoms with E-state index in [2.05, 4.69) is 5.10 Å². The third-order valence-electron chi connectivity index (χ3n) is 5.24. The summed E-state index contributed by atoms with van der Waals surface area (Å²) in [6, 6.07) is 4.89. The van der Waals surface area contributed by atoms with Crippen LogP contribution >= 0.6 is 0 Å². The molecule has 1 aromatic heterocycles. The van der Waals surface area contributed by atoms with Gasteiger partial charge >= 0.3 is 0 Å². The molecule has 1 amide bonds. The minimum atomic E-state index is -0.871. The van der Waals surface area contributed by atoms with E-state index in [0.29, 0.717) is 29.1 Å². The molecule has 0 bridgehead atoms. The molecule has 1 N–H and O–H groups in total. The highest BCUT2D eigenvalue weighted by Gasteiger charge is 2.46. The second-order valence-electron chi connectivity index (χ2n) is 7.52. The van der Waals surface area contributed by atoms with Gasteiger partial charge in [-0.25, -0.2) is 4.39 Å². The first-order chi connectivity index (χ1) is 13.6. The molecule has 8 heteroatoms. The van der Waals surface area contributed by atoms with Gasteiger partial charge in [-0.3, -0.25) is 14.3 Å². The van der Waals surface area contributed by atoms with Crippen LogP contribution in [0.3, 0.4) is 0 Å². The van der Waals surface area contributed by atoms with Crippen molar-refractivity contribution in [3.05, 3.63) is 58.2 Å². The molecule has 29 heavy (non-hydrogen) atoms. The number of likely N-dealkylation sites (tertiary alicyclic amines) is 1. The Bertz CT molecular complexity index is 1010. The summed E-state index contributed by atoms with van der Waals surface area (Å²) in [6.07, 6.45) is 0. The van der Waals surface area contributed by atoms with Crippen molar-refractivity contribution < 1.29 is 19.1 Å². The molecule has 1 aliphatic heterocycles. The Morgan fingerprint density at radius 1 is 1.28 bits per heavy atom. The van der Waals surface area contributed by atoms with Gasteiger partial charge in [0, 0.05) is 25.8 Å². The van der Waals surface area contributed by atoms with Gasteiger partial charge in [0.25, 0.3) is 11.7 Å². The number of hydrogen-bond acceptors (Lipinski definition) is 5. The number of halogens is 1. The molecule has 2 aromatic rings. The Morgan fingerprint density at radius 2 is 1.97 bits per heavy atom. The van der Waals surface area contributed by atoms with Crippen LogP contribution in [0.5, 0.6) is 0 Å². The predicted molar refractivity (Wildman–Crippen MR) is 107 cm³/mol. The van der Waals surface area contributed by atoms with Crippen LogP contribution in [-0.4, -0.2) is 63.6 Å². The third kappa shape index (κ3) is 3.67. The second-order valence-corrected chi connectivity index (χ2v) is 7.52. The van der Waals surface area contributed by atoms with E-state index in [1.54, 1.807) is 31.6 Å². The van der Waals surface area contributed by atoms with E-state index in [1.807, 2.05) is 19.0 Å². The summed E-state index contributed by atoms with van der Waals surface area (Å²) in [4.78, 5) is 29.0. The van der Waals surface area contributed by atoms with Crippen LogP contribution in [0, 0.1) is 19.7 Å². The van der Waals surface area contributed by atoms with E-state index in [9.17, 15) is 19.1 Å². The van der Waals surface area contributed by atoms with Gasteiger partial charge in [-0.15, -0.1) is 0 Å². The van der Waals surface area contributed by atoms with Gasteiger partial charge in [0.2, 0.25) is 0 Å². The number of ketones is 1. The molecular formula is C21H25FN4O3. The fourth-order valence-corrected chi connectivity index (χ4v) is 3.69. The molecule has 2 heterocycles. The number of aliphatic hydroxyl groups is 1. The average Bonchev–Trinajstić information content (AvgIpc) is 3.05. The van der Waals surface area contributed by atoms with Gasteiger partial charge in [-0.2, -0.15) is 5.10 Å². The minimum Gasteiger partial charge on any atom is -0.507 e. The molecule has 0 saturated carbocycles. The predicted octanol–water partition coefficient (Wildman–Crippen LogP) is 2.16. The summed E-state index contributed by atoms with van der Waals surface area (Å²) in [5.74, 6) is -2.25. The van der Waals surface area contributed by atoms with Crippen molar-refractivity contribution in [3.63, 3.8) is 0 Å². The van der Waals surface area contributed by atoms with Crippen molar-refractivity contribution in [2.75, 3.05) is 27.2 Å². The molecule has 0 aliphatic carbocycles. The number of nitrogens with zero attached hydrogens (tertiary/aromatic N) is 4. The number of aryl methyl sites for hydroxylation is 2. The second kappa shape index (κ2) is 7.79. The zero-order chi connectivity index (χ0) is 21.5. The fourth-order valence-electron chi connectivity index (χ4n) is 3.69. The Hall–Kier alpha value is -3.00. The number of amides is 1. The number of benzene rings is 1. The maximum Gasteiger partial charge on any atom is 0.295 e. The molecule has 1 aliphatic rings. The summed E-state index contributed by atoms with van der Waals surface area (Å²) in [5, 5.41) is 15.4. The van der Waals surface area contributed by atoms with Crippen LogP contribution < -0.4 is 0 Å². The maximum atomic E-state index is 14.0. The Kier molecular flexibility index (Phi) is 5.57. The van der Waals surface area contributed by atoms with Gasteiger partial charge in [0.15, 0.2) is 0 Å². The monoisotopic (exact) mass is 400 g/mol. The van der Waals surface area contributed by atoms with Crippen LogP contribution in [-0.2, 0) is 16.6 Å². The first-order valence-corrected chi connectivity index (χ1v) is 9.32. The molecule has 0 radical (unpaired) electrons. The fraction of sp³-hybridized carbons (Fsp3) is 0.381. The van der Waals surface area contributed by atoms with Gasteiger partial charge in [-0.1, -0.05) is 12.1 Å².